The second-order valence-electron chi connectivity index (χ2n) is 7.33. The highest BCUT2D eigenvalue weighted by atomic mass is 32.2. The lowest BCUT2D eigenvalue weighted by Gasteiger charge is -2.22. The minimum absolute atomic E-state index is 0.00296. The molecule has 2 amide bonds. The van der Waals surface area contributed by atoms with E-state index in [1.54, 1.807) is 30.5 Å². The van der Waals surface area contributed by atoms with Gasteiger partial charge in [-0.25, -0.2) is 0 Å². The Morgan fingerprint density at radius 2 is 1.77 bits per heavy atom. The lowest BCUT2D eigenvalue weighted by molar-refractivity contribution is -0.132. The standard InChI is InChI=1S/C23H28N2O4S/c1-3-20(24-23(27)17-10-12-18(13-11-17)30(2)28)19-8-4-5-9-21(19)29-16-22(26)25-14-6-7-15-25/h4-5,8-13,20H,3,6-7,14-16H2,1-2H3,(H,24,27). The lowest BCUT2D eigenvalue weighted by Crippen LogP contribution is -2.32. The van der Waals surface area contributed by atoms with Gasteiger partial charge in [-0.3, -0.25) is 13.8 Å². The maximum atomic E-state index is 12.7. The number of carbonyl (C=O) groups excluding carboxylic acids is 2. The summed E-state index contributed by atoms with van der Waals surface area (Å²) in [6.07, 6.45) is 4.36. The van der Waals surface area contributed by atoms with Gasteiger partial charge in [0.1, 0.15) is 5.75 Å². The fraction of sp³-hybridized carbons (Fsp3) is 0.391. The molecule has 1 fully saturated rings. The topological polar surface area (TPSA) is 75.7 Å². The van der Waals surface area contributed by atoms with Crippen LogP contribution in [0.3, 0.4) is 0 Å². The van der Waals surface area contributed by atoms with Gasteiger partial charge in [0, 0.05) is 46.2 Å². The Balaban J connectivity index is 1.69. The van der Waals surface area contributed by atoms with Crippen molar-refractivity contribution in [3.05, 3.63) is 59.7 Å². The van der Waals surface area contributed by atoms with E-state index in [2.05, 4.69) is 5.32 Å². The third-order valence-corrected chi connectivity index (χ3v) is 6.20. The van der Waals surface area contributed by atoms with Crippen LogP contribution >= 0.6 is 0 Å². The molecule has 1 heterocycles. The largest absolute Gasteiger partial charge is 0.483 e. The van der Waals surface area contributed by atoms with E-state index >= 15 is 0 Å². The van der Waals surface area contributed by atoms with Gasteiger partial charge in [0.2, 0.25) is 0 Å². The molecule has 1 saturated heterocycles. The molecule has 2 aromatic carbocycles. The van der Waals surface area contributed by atoms with Crippen LogP contribution in [-0.2, 0) is 15.6 Å². The van der Waals surface area contributed by atoms with Crippen LogP contribution in [-0.4, -0.2) is 46.9 Å². The zero-order valence-electron chi connectivity index (χ0n) is 17.4. The van der Waals surface area contributed by atoms with Gasteiger partial charge in [-0.1, -0.05) is 25.1 Å². The molecule has 0 radical (unpaired) electrons. The molecule has 2 unspecified atom stereocenters. The van der Waals surface area contributed by atoms with Crippen molar-refractivity contribution in [3.63, 3.8) is 0 Å². The molecule has 3 rings (SSSR count). The van der Waals surface area contributed by atoms with Crippen molar-refractivity contribution in [1.29, 1.82) is 0 Å². The molecule has 160 valence electrons. The highest BCUT2D eigenvalue weighted by Crippen LogP contribution is 2.28. The van der Waals surface area contributed by atoms with Crippen molar-refractivity contribution in [3.8, 4) is 5.75 Å². The second kappa shape index (κ2) is 10.4. The van der Waals surface area contributed by atoms with E-state index in [4.69, 9.17) is 4.74 Å². The lowest BCUT2D eigenvalue weighted by atomic mass is 10.0. The predicted octanol–water partition coefficient (Wildman–Crippen LogP) is 3.31. The summed E-state index contributed by atoms with van der Waals surface area (Å²) in [6.45, 7) is 3.57. The van der Waals surface area contributed by atoms with Crippen molar-refractivity contribution in [2.45, 2.75) is 37.1 Å². The van der Waals surface area contributed by atoms with Gasteiger partial charge in [-0.05, 0) is 49.6 Å². The highest BCUT2D eigenvalue weighted by molar-refractivity contribution is 7.84. The molecular weight excluding hydrogens is 400 g/mol. The summed E-state index contributed by atoms with van der Waals surface area (Å²) in [5.41, 5.74) is 1.35. The first kappa shape index (κ1) is 22.0. The van der Waals surface area contributed by atoms with Crippen LogP contribution in [0.4, 0.5) is 0 Å². The smallest absolute Gasteiger partial charge is 0.260 e. The Morgan fingerprint density at radius 3 is 2.40 bits per heavy atom. The molecule has 6 nitrogen and oxygen atoms in total. The van der Waals surface area contributed by atoms with Crippen molar-refractivity contribution < 1.29 is 18.5 Å². The first-order valence-electron chi connectivity index (χ1n) is 10.2. The Kier molecular flexibility index (Phi) is 7.63. The number of carbonyl (C=O) groups is 2. The number of hydrogen-bond donors (Lipinski definition) is 1. The molecule has 0 aliphatic carbocycles. The fourth-order valence-electron chi connectivity index (χ4n) is 3.54. The highest BCUT2D eigenvalue weighted by Gasteiger charge is 2.21. The summed E-state index contributed by atoms with van der Waals surface area (Å²) in [7, 11) is -1.08. The summed E-state index contributed by atoms with van der Waals surface area (Å²) in [4.78, 5) is 27.6. The zero-order chi connectivity index (χ0) is 21.5. The Labute approximate surface area is 180 Å². The average molecular weight is 429 g/mol. The van der Waals surface area contributed by atoms with E-state index in [1.165, 1.54) is 0 Å². The van der Waals surface area contributed by atoms with Crippen LogP contribution in [0.15, 0.2) is 53.4 Å². The van der Waals surface area contributed by atoms with Crippen LogP contribution in [0.25, 0.3) is 0 Å². The molecule has 2 aromatic rings. The van der Waals surface area contributed by atoms with Gasteiger partial charge in [0.05, 0.1) is 6.04 Å². The number of amides is 2. The van der Waals surface area contributed by atoms with Gasteiger partial charge in [-0.15, -0.1) is 0 Å². The van der Waals surface area contributed by atoms with Crippen LogP contribution in [0.5, 0.6) is 5.75 Å². The number of benzene rings is 2. The van der Waals surface area contributed by atoms with Crippen molar-refractivity contribution in [2.75, 3.05) is 26.0 Å². The van der Waals surface area contributed by atoms with Gasteiger partial charge in [0.25, 0.3) is 11.8 Å². The summed E-state index contributed by atoms with van der Waals surface area (Å²) >= 11 is 0. The van der Waals surface area contributed by atoms with E-state index in [0.717, 1.165) is 31.5 Å². The minimum Gasteiger partial charge on any atom is -0.483 e. The SMILES string of the molecule is CCC(NC(=O)c1ccc(S(C)=O)cc1)c1ccccc1OCC(=O)N1CCCC1. The molecule has 0 spiro atoms. The Morgan fingerprint density at radius 1 is 1.10 bits per heavy atom. The maximum Gasteiger partial charge on any atom is 0.260 e. The van der Waals surface area contributed by atoms with Crippen LogP contribution in [0, 0.1) is 0 Å². The quantitative estimate of drug-likeness (QED) is 0.700. The number of likely N-dealkylation sites (tertiary alicyclic amines) is 1. The first-order valence-corrected chi connectivity index (χ1v) is 11.8. The maximum absolute atomic E-state index is 12.7. The molecule has 0 saturated carbocycles. The van der Waals surface area contributed by atoms with E-state index in [-0.39, 0.29) is 24.5 Å². The van der Waals surface area contributed by atoms with E-state index < -0.39 is 10.8 Å². The monoisotopic (exact) mass is 428 g/mol. The van der Waals surface area contributed by atoms with Gasteiger partial charge < -0.3 is 15.0 Å². The summed E-state index contributed by atoms with van der Waals surface area (Å²) < 4.78 is 17.4. The Bertz CT molecular complexity index is 908. The molecular formula is C23H28N2O4S. The van der Waals surface area contributed by atoms with Gasteiger partial charge in [0.15, 0.2) is 6.61 Å². The number of para-hydroxylation sites is 1. The van der Waals surface area contributed by atoms with Crippen LogP contribution in [0.1, 0.15) is 48.1 Å². The molecule has 1 aliphatic rings. The molecule has 1 N–H and O–H groups in total. The Hall–Kier alpha value is -2.67. The number of nitrogens with one attached hydrogen (secondary N) is 1. The van der Waals surface area contributed by atoms with E-state index in [1.807, 2.05) is 36.1 Å². The van der Waals surface area contributed by atoms with Crippen LogP contribution < -0.4 is 10.1 Å². The third kappa shape index (κ3) is 5.48. The molecule has 0 aromatic heterocycles. The third-order valence-electron chi connectivity index (χ3n) is 5.27. The van der Waals surface area contributed by atoms with Gasteiger partial charge >= 0.3 is 0 Å². The summed E-state index contributed by atoms with van der Waals surface area (Å²) in [5, 5.41) is 3.04. The fourth-order valence-corrected chi connectivity index (χ4v) is 4.06. The summed E-state index contributed by atoms with van der Waals surface area (Å²) in [5.74, 6) is 0.389. The zero-order valence-corrected chi connectivity index (χ0v) is 18.2. The number of rotatable bonds is 8. The summed E-state index contributed by atoms with van der Waals surface area (Å²) in [6, 6.07) is 14.0. The van der Waals surface area contributed by atoms with Crippen LogP contribution in [0.2, 0.25) is 0 Å². The molecule has 2 atom stereocenters. The van der Waals surface area contributed by atoms with E-state index in [0.29, 0.717) is 22.6 Å². The van der Waals surface area contributed by atoms with E-state index in [9.17, 15) is 13.8 Å². The molecule has 0 bridgehead atoms. The minimum atomic E-state index is -1.08. The molecule has 7 heteroatoms. The van der Waals surface area contributed by atoms with Crippen molar-refractivity contribution in [1.82, 2.24) is 10.2 Å². The number of nitrogens with zero attached hydrogens (tertiary/aromatic N) is 1. The molecule has 1 aliphatic heterocycles. The first-order chi connectivity index (χ1) is 14.5. The molecule has 30 heavy (non-hydrogen) atoms. The number of hydrogen-bond acceptors (Lipinski definition) is 4. The van der Waals surface area contributed by atoms with Crippen molar-refractivity contribution in [2.24, 2.45) is 0 Å². The normalized spacial score (nSPS) is 15.5. The second-order valence-corrected chi connectivity index (χ2v) is 8.71. The van der Waals surface area contributed by atoms with Crippen molar-refractivity contribution >= 4 is 22.6 Å². The average Bonchev–Trinajstić information content (AvgIpc) is 3.31. The van der Waals surface area contributed by atoms with Gasteiger partial charge in [-0.2, -0.15) is 0 Å². The predicted molar refractivity (Wildman–Crippen MR) is 117 cm³/mol. The number of ether oxygens (including phenoxy) is 1.